The first-order valence-electron chi connectivity index (χ1n) is 10.9. The number of halogens is 1. The van der Waals surface area contributed by atoms with Crippen LogP contribution in [0.4, 0.5) is 4.39 Å². The summed E-state index contributed by atoms with van der Waals surface area (Å²) in [4.78, 5) is 30.0. The van der Waals surface area contributed by atoms with Crippen LogP contribution in [0.2, 0.25) is 0 Å². The van der Waals surface area contributed by atoms with E-state index in [2.05, 4.69) is 20.6 Å². The van der Waals surface area contributed by atoms with E-state index in [1.807, 2.05) is 4.90 Å². The maximum atomic E-state index is 13.3. The highest BCUT2D eigenvalue weighted by Gasteiger charge is 2.47. The molecule has 1 aromatic carbocycles. The third kappa shape index (κ3) is 3.58. The lowest BCUT2D eigenvalue weighted by atomic mass is 9.84. The molecule has 3 saturated heterocycles. The molecule has 10 heteroatoms. The Hall–Kier alpha value is -2.88. The number of tetrazole rings is 1. The summed E-state index contributed by atoms with van der Waals surface area (Å²) in [7, 11) is 0. The van der Waals surface area contributed by atoms with E-state index in [0.29, 0.717) is 30.8 Å². The van der Waals surface area contributed by atoms with Crippen molar-refractivity contribution in [1.82, 2.24) is 30.4 Å². The second kappa shape index (κ2) is 7.99. The third-order valence-electron chi connectivity index (χ3n) is 7.08. The maximum Gasteiger partial charge on any atom is 0.254 e. The van der Waals surface area contributed by atoms with Crippen molar-refractivity contribution in [2.75, 3.05) is 6.54 Å². The number of likely N-dealkylation sites (tertiary alicyclic amines) is 1. The fraction of sp³-hybridized carbons (Fsp3) is 0.571. The largest absolute Gasteiger partial charge is 0.333 e. The van der Waals surface area contributed by atoms with Gasteiger partial charge < -0.3 is 15.5 Å². The van der Waals surface area contributed by atoms with Crippen molar-refractivity contribution in [1.29, 1.82) is 0 Å². The number of nitrogens with one attached hydrogen (secondary N) is 1. The van der Waals surface area contributed by atoms with E-state index in [0.717, 1.165) is 25.7 Å². The molecule has 0 spiro atoms. The number of hydrogen-bond donors (Lipinski definition) is 2. The van der Waals surface area contributed by atoms with Crippen molar-refractivity contribution in [2.45, 2.75) is 62.7 Å². The zero-order chi connectivity index (χ0) is 21.5. The van der Waals surface area contributed by atoms with Gasteiger partial charge in [-0.15, -0.1) is 10.2 Å². The van der Waals surface area contributed by atoms with Gasteiger partial charge in [0.15, 0.2) is 5.82 Å². The molecule has 31 heavy (non-hydrogen) atoms. The molecule has 0 saturated carbocycles. The van der Waals surface area contributed by atoms with Crippen LogP contribution in [0.1, 0.15) is 60.7 Å². The molecule has 2 amide bonds. The first kappa shape index (κ1) is 20.0. The highest BCUT2D eigenvalue weighted by molar-refractivity contribution is 5.95. The van der Waals surface area contributed by atoms with Crippen LogP contribution in [0.25, 0.3) is 0 Å². The van der Waals surface area contributed by atoms with Crippen LogP contribution in [0.15, 0.2) is 24.3 Å². The Bertz CT molecular complexity index is 937. The van der Waals surface area contributed by atoms with Gasteiger partial charge >= 0.3 is 0 Å². The van der Waals surface area contributed by atoms with Crippen LogP contribution in [0, 0.1) is 11.7 Å². The Morgan fingerprint density at radius 3 is 2.48 bits per heavy atom. The molecule has 1 aromatic heterocycles. The number of rotatable bonds is 4. The average Bonchev–Trinajstić information content (AvgIpc) is 3.52. The SMILES string of the molecule is N[C@H](C(=O)N1CCC[C@H]1c1nn[nH]n1)C1CC2CCC(C1)N2C(=O)c1ccc(F)cc1. The fourth-order valence-corrected chi connectivity index (χ4v) is 5.59. The quantitative estimate of drug-likeness (QED) is 0.761. The Morgan fingerprint density at radius 2 is 1.84 bits per heavy atom. The molecule has 4 atom stereocenters. The normalized spacial score (nSPS) is 28.7. The Kier molecular flexibility index (Phi) is 5.17. The molecule has 2 unspecified atom stereocenters. The standard InChI is InChI=1S/C21H26FN7O2/c22-14-5-3-12(4-6-14)20(30)29-15-7-8-16(29)11-13(10-15)18(23)21(31)28-9-1-2-17(28)19-24-26-27-25-19/h3-6,13,15-18H,1-2,7-11,23H2,(H,24,25,26,27)/t13?,15?,16?,17-,18-/m0/s1. The van der Waals surface area contributed by atoms with Gasteiger partial charge in [0.05, 0.1) is 12.1 Å². The van der Waals surface area contributed by atoms with Crippen LogP contribution >= 0.6 is 0 Å². The Morgan fingerprint density at radius 1 is 1.13 bits per heavy atom. The lowest BCUT2D eigenvalue weighted by Crippen LogP contribution is -2.54. The number of benzene rings is 1. The zero-order valence-electron chi connectivity index (χ0n) is 17.2. The summed E-state index contributed by atoms with van der Waals surface area (Å²) in [6, 6.07) is 5.01. The molecule has 164 valence electrons. The monoisotopic (exact) mass is 427 g/mol. The summed E-state index contributed by atoms with van der Waals surface area (Å²) >= 11 is 0. The number of hydrogen-bond acceptors (Lipinski definition) is 6. The second-order valence-corrected chi connectivity index (χ2v) is 8.82. The second-order valence-electron chi connectivity index (χ2n) is 8.82. The number of H-pyrrole nitrogens is 1. The highest BCUT2D eigenvalue weighted by atomic mass is 19.1. The third-order valence-corrected chi connectivity index (χ3v) is 7.08. The van der Waals surface area contributed by atoms with Crippen molar-refractivity contribution < 1.29 is 14.0 Å². The Labute approximate surface area is 179 Å². The summed E-state index contributed by atoms with van der Waals surface area (Å²) in [5, 5.41) is 14.2. The molecule has 2 bridgehead atoms. The van der Waals surface area contributed by atoms with Gasteiger partial charge in [-0.05, 0) is 68.7 Å². The summed E-state index contributed by atoms with van der Waals surface area (Å²) in [5.74, 6) is 0.0490. The minimum Gasteiger partial charge on any atom is -0.333 e. The number of carbonyl (C=O) groups is 2. The molecule has 3 N–H and O–H groups in total. The molecule has 0 radical (unpaired) electrons. The number of amides is 2. The van der Waals surface area contributed by atoms with Gasteiger partial charge in [-0.1, -0.05) is 5.21 Å². The lowest BCUT2D eigenvalue weighted by molar-refractivity contribution is -0.135. The van der Waals surface area contributed by atoms with Gasteiger partial charge in [0.25, 0.3) is 5.91 Å². The predicted molar refractivity (Wildman–Crippen MR) is 108 cm³/mol. The van der Waals surface area contributed by atoms with E-state index in [4.69, 9.17) is 5.73 Å². The van der Waals surface area contributed by atoms with E-state index in [9.17, 15) is 14.0 Å². The average molecular weight is 427 g/mol. The fourth-order valence-electron chi connectivity index (χ4n) is 5.59. The highest BCUT2D eigenvalue weighted by Crippen LogP contribution is 2.41. The van der Waals surface area contributed by atoms with Crippen LogP contribution < -0.4 is 5.73 Å². The van der Waals surface area contributed by atoms with Gasteiger partial charge in [0.2, 0.25) is 5.91 Å². The van der Waals surface area contributed by atoms with E-state index < -0.39 is 6.04 Å². The molecular formula is C21H26FN7O2. The van der Waals surface area contributed by atoms with E-state index in [-0.39, 0.29) is 41.7 Å². The Balaban J connectivity index is 1.27. The van der Waals surface area contributed by atoms with Crippen LogP contribution in [0.3, 0.4) is 0 Å². The van der Waals surface area contributed by atoms with E-state index in [1.54, 1.807) is 4.90 Å². The number of nitrogens with zero attached hydrogens (tertiary/aromatic N) is 5. The first-order chi connectivity index (χ1) is 15.0. The molecule has 0 aliphatic carbocycles. The topological polar surface area (TPSA) is 121 Å². The van der Waals surface area contributed by atoms with Crippen molar-refractivity contribution in [3.05, 3.63) is 41.5 Å². The van der Waals surface area contributed by atoms with Crippen molar-refractivity contribution in [3.8, 4) is 0 Å². The molecule has 3 fully saturated rings. The van der Waals surface area contributed by atoms with Crippen molar-refractivity contribution in [2.24, 2.45) is 11.7 Å². The minimum absolute atomic E-state index is 0.0220. The van der Waals surface area contributed by atoms with Gasteiger partial charge in [-0.3, -0.25) is 9.59 Å². The predicted octanol–water partition coefficient (Wildman–Crippen LogP) is 1.41. The first-order valence-corrected chi connectivity index (χ1v) is 10.9. The molecule has 3 aliphatic rings. The molecule has 3 aliphatic heterocycles. The smallest absolute Gasteiger partial charge is 0.254 e. The van der Waals surface area contributed by atoms with Gasteiger partial charge in [0.1, 0.15) is 5.82 Å². The molecule has 5 rings (SSSR count). The lowest BCUT2D eigenvalue weighted by Gasteiger charge is -2.41. The molecule has 9 nitrogen and oxygen atoms in total. The van der Waals surface area contributed by atoms with Gasteiger partial charge in [0, 0.05) is 24.2 Å². The summed E-state index contributed by atoms with van der Waals surface area (Å²) in [5.41, 5.74) is 6.99. The summed E-state index contributed by atoms with van der Waals surface area (Å²) < 4.78 is 13.2. The molecule has 4 heterocycles. The zero-order valence-corrected chi connectivity index (χ0v) is 17.2. The summed E-state index contributed by atoms with van der Waals surface area (Å²) in [6.07, 6.45) is 4.91. The number of nitrogens with two attached hydrogens (primary N) is 1. The number of carbonyl (C=O) groups excluding carboxylic acids is 2. The van der Waals surface area contributed by atoms with Crippen LogP contribution in [-0.2, 0) is 4.79 Å². The van der Waals surface area contributed by atoms with Crippen molar-refractivity contribution in [3.63, 3.8) is 0 Å². The van der Waals surface area contributed by atoms with Crippen LogP contribution in [-0.4, -0.2) is 66.9 Å². The van der Waals surface area contributed by atoms with Gasteiger partial charge in [-0.25, -0.2) is 4.39 Å². The molecular weight excluding hydrogens is 401 g/mol. The van der Waals surface area contributed by atoms with E-state index in [1.165, 1.54) is 24.3 Å². The van der Waals surface area contributed by atoms with Crippen molar-refractivity contribution >= 4 is 11.8 Å². The van der Waals surface area contributed by atoms with Gasteiger partial charge in [-0.2, -0.15) is 5.21 Å². The molecule has 2 aromatic rings. The van der Waals surface area contributed by atoms with E-state index >= 15 is 0 Å². The number of fused-ring (bicyclic) bond motifs is 2. The number of aromatic nitrogens is 4. The minimum atomic E-state index is -0.612. The number of aromatic amines is 1. The van der Waals surface area contributed by atoms with Crippen LogP contribution in [0.5, 0.6) is 0 Å². The number of piperidine rings is 1. The maximum absolute atomic E-state index is 13.3. The summed E-state index contributed by atoms with van der Waals surface area (Å²) in [6.45, 7) is 0.639.